The third kappa shape index (κ3) is 3.83. The Labute approximate surface area is 113 Å². The van der Waals surface area contributed by atoms with Gasteiger partial charge in [-0.3, -0.25) is 0 Å². The molecule has 6 heteroatoms. The Bertz CT molecular complexity index is 338. The number of hydrogen-bond donors (Lipinski definition) is 2. The fraction of sp³-hybridized carbons (Fsp3) is 0.846. The zero-order valence-electron chi connectivity index (χ0n) is 11.3. The summed E-state index contributed by atoms with van der Waals surface area (Å²) in [4.78, 5) is 24.9. The van der Waals surface area contributed by atoms with E-state index >= 15 is 0 Å². The average molecular weight is 270 g/mol. The lowest BCUT2D eigenvalue weighted by atomic mass is 10.2. The molecule has 1 heterocycles. The van der Waals surface area contributed by atoms with Gasteiger partial charge in [-0.05, 0) is 38.5 Å². The first kappa shape index (κ1) is 14.1. The highest BCUT2D eigenvalue weighted by molar-refractivity contribution is 5.83. The molecule has 0 spiro atoms. The van der Waals surface area contributed by atoms with E-state index in [1.54, 1.807) is 4.90 Å². The lowest BCUT2D eigenvalue weighted by Gasteiger charge is -2.26. The maximum Gasteiger partial charge on any atom is 0.326 e. The summed E-state index contributed by atoms with van der Waals surface area (Å²) in [7, 11) is 0. The Hall–Kier alpha value is -1.30. The normalized spacial score (nSPS) is 23.9. The molecule has 1 saturated heterocycles. The Morgan fingerprint density at radius 2 is 2.16 bits per heavy atom. The number of likely N-dealkylation sites (N-methyl/N-ethyl adjacent to an activating group) is 1. The molecule has 2 rings (SSSR count). The van der Waals surface area contributed by atoms with Crippen LogP contribution in [-0.2, 0) is 9.53 Å². The summed E-state index contributed by atoms with van der Waals surface area (Å²) in [5.41, 5.74) is 0. The van der Waals surface area contributed by atoms with Crippen LogP contribution >= 0.6 is 0 Å². The fourth-order valence-electron chi connectivity index (χ4n) is 2.42. The van der Waals surface area contributed by atoms with E-state index in [9.17, 15) is 9.59 Å². The van der Waals surface area contributed by atoms with Crippen LogP contribution in [0.15, 0.2) is 0 Å². The Morgan fingerprint density at radius 3 is 2.63 bits per heavy atom. The number of ether oxygens (including phenoxy) is 1. The van der Waals surface area contributed by atoms with Crippen molar-refractivity contribution in [3.05, 3.63) is 0 Å². The second-order valence-corrected chi connectivity index (χ2v) is 5.28. The zero-order chi connectivity index (χ0) is 13.8. The first-order valence-corrected chi connectivity index (χ1v) is 7.01. The predicted octanol–water partition coefficient (Wildman–Crippen LogP) is 1.06. The van der Waals surface area contributed by atoms with Crippen LogP contribution in [-0.4, -0.2) is 53.8 Å². The number of amides is 2. The third-order valence-electron chi connectivity index (χ3n) is 3.76. The number of urea groups is 1. The number of hydrogen-bond acceptors (Lipinski definition) is 3. The van der Waals surface area contributed by atoms with E-state index in [0.29, 0.717) is 13.1 Å². The van der Waals surface area contributed by atoms with Gasteiger partial charge < -0.3 is 20.1 Å². The van der Waals surface area contributed by atoms with Gasteiger partial charge in [0, 0.05) is 19.7 Å². The second kappa shape index (κ2) is 6.23. The molecule has 0 aromatic heterocycles. The topological polar surface area (TPSA) is 78.9 Å². The number of nitrogens with zero attached hydrogens (tertiary/aromatic N) is 1. The van der Waals surface area contributed by atoms with Crippen LogP contribution in [0.5, 0.6) is 0 Å². The molecule has 1 aliphatic carbocycles. The van der Waals surface area contributed by atoms with Crippen molar-refractivity contribution >= 4 is 12.0 Å². The van der Waals surface area contributed by atoms with E-state index < -0.39 is 12.0 Å². The molecule has 2 fully saturated rings. The van der Waals surface area contributed by atoms with E-state index in [0.717, 1.165) is 32.3 Å². The summed E-state index contributed by atoms with van der Waals surface area (Å²) in [6.07, 6.45) is 3.86. The number of carboxylic acids is 1. The van der Waals surface area contributed by atoms with Crippen LogP contribution in [0.25, 0.3) is 0 Å². The molecule has 0 radical (unpaired) electrons. The largest absolute Gasteiger partial charge is 0.480 e. The minimum Gasteiger partial charge on any atom is -0.480 e. The van der Waals surface area contributed by atoms with Crippen molar-refractivity contribution in [3.63, 3.8) is 0 Å². The van der Waals surface area contributed by atoms with Crippen molar-refractivity contribution in [2.75, 3.05) is 19.7 Å². The molecule has 2 amide bonds. The van der Waals surface area contributed by atoms with E-state index in [1.807, 2.05) is 6.92 Å². The molecule has 2 atom stereocenters. The van der Waals surface area contributed by atoms with Gasteiger partial charge in [-0.2, -0.15) is 0 Å². The van der Waals surface area contributed by atoms with E-state index in [-0.39, 0.29) is 18.1 Å². The number of carboxylic acid groups (broad SMARTS) is 1. The minimum atomic E-state index is -0.941. The SMILES string of the molecule is CCN(CC1CCCO1)C(=O)NC(C(=O)O)C1CC1. The van der Waals surface area contributed by atoms with Gasteiger partial charge in [0.05, 0.1) is 6.10 Å². The molecule has 0 bridgehead atoms. The van der Waals surface area contributed by atoms with Crippen molar-refractivity contribution in [2.24, 2.45) is 5.92 Å². The fourth-order valence-corrected chi connectivity index (χ4v) is 2.42. The van der Waals surface area contributed by atoms with Gasteiger partial charge in [0.25, 0.3) is 0 Å². The van der Waals surface area contributed by atoms with Gasteiger partial charge in [-0.15, -0.1) is 0 Å². The summed E-state index contributed by atoms with van der Waals surface area (Å²) in [6.45, 7) is 3.74. The van der Waals surface area contributed by atoms with E-state index in [1.165, 1.54) is 0 Å². The molecule has 1 aliphatic heterocycles. The Morgan fingerprint density at radius 1 is 1.42 bits per heavy atom. The highest BCUT2D eigenvalue weighted by Crippen LogP contribution is 2.32. The number of aliphatic carboxylic acids is 1. The smallest absolute Gasteiger partial charge is 0.326 e. The molecule has 0 aromatic rings. The summed E-state index contributed by atoms with van der Waals surface area (Å²) < 4.78 is 5.51. The average Bonchev–Trinajstić information content (AvgIpc) is 3.09. The van der Waals surface area contributed by atoms with Crippen LogP contribution in [0.1, 0.15) is 32.6 Å². The first-order chi connectivity index (χ1) is 9.11. The van der Waals surface area contributed by atoms with Gasteiger partial charge in [0.2, 0.25) is 0 Å². The third-order valence-corrected chi connectivity index (χ3v) is 3.76. The summed E-state index contributed by atoms with van der Waals surface area (Å²) in [5.74, 6) is -0.841. The van der Waals surface area contributed by atoms with Crippen molar-refractivity contribution in [3.8, 4) is 0 Å². The lowest BCUT2D eigenvalue weighted by molar-refractivity contribution is -0.139. The molecular weight excluding hydrogens is 248 g/mol. The molecule has 19 heavy (non-hydrogen) atoms. The van der Waals surface area contributed by atoms with E-state index in [2.05, 4.69) is 5.32 Å². The van der Waals surface area contributed by atoms with Crippen LogP contribution in [0.2, 0.25) is 0 Å². The minimum absolute atomic E-state index is 0.0925. The number of carbonyl (C=O) groups excluding carboxylic acids is 1. The summed E-state index contributed by atoms with van der Waals surface area (Å²) in [6, 6.07) is -1.04. The second-order valence-electron chi connectivity index (χ2n) is 5.28. The maximum atomic E-state index is 12.1. The van der Waals surface area contributed by atoms with Gasteiger partial charge in [-0.25, -0.2) is 9.59 Å². The highest BCUT2D eigenvalue weighted by Gasteiger charge is 2.38. The van der Waals surface area contributed by atoms with Gasteiger partial charge in [0.15, 0.2) is 0 Å². The van der Waals surface area contributed by atoms with Gasteiger partial charge >= 0.3 is 12.0 Å². The predicted molar refractivity (Wildman–Crippen MR) is 68.9 cm³/mol. The standard InChI is InChI=1S/C13H22N2O4/c1-2-15(8-10-4-3-7-19-10)13(18)14-11(12(16)17)9-5-6-9/h9-11H,2-8H2,1H3,(H,14,18)(H,16,17). The lowest BCUT2D eigenvalue weighted by Crippen LogP contribution is -2.50. The first-order valence-electron chi connectivity index (χ1n) is 7.01. The van der Waals surface area contributed by atoms with E-state index in [4.69, 9.17) is 9.84 Å². The van der Waals surface area contributed by atoms with Crippen molar-refractivity contribution in [1.29, 1.82) is 0 Å². The number of carbonyl (C=O) groups is 2. The quantitative estimate of drug-likeness (QED) is 0.756. The van der Waals surface area contributed by atoms with Gasteiger partial charge in [0.1, 0.15) is 6.04 Å². The van der Waals surface area contributed by atoms with Crippen LogP contribution < -0.4 is 5.32 Å². The molecule has 2 unspecified atom stereocenters. The molecule has 0 aromatic carbocycles. The molecular formula is C13H22N2O4. The van der Waals surface area contributed by atoms with Crippen molar-refractivity contribution in [1.82, 2.24) is 10.2 Å². The van der Waals surface area contributed by atoms with Crippen molar-refractivity contribution in [2.45, 2.75) is 44.8 Å². The highest BCUT2D eigenvalue weighted by atomic mass is 16.5. The number of rotatable bonds is 6. The summed E-state index contributed by atoms with van der Waals surface area (Å²) >= 11 is 0. The molecule has 2 N–H and O–H groups in total. The van der Waals surface area contributed by atoms with Crippen LogP contribution in [0, 0.1) is 5.92 Å². The van der Waals surface area contributed by atoms with Gasteiger partial charge in [-0.1, -0.05) is 0 Å². The molecule has 2 aliphatic rings. The zero-order valence-corrected chi connectivity index (χ0v) is 11.3. The molecule has 1 saturated carbocycles. The van der Waals surface area contributed by atoms with Crippen molar-refractivity contribution < 1.29 is 19.4 Å². The maximum absolute atomic E-state index is 12.1. The Kier molecular flexibility index (Phi) is 4.63. The summed E-state index contributed by atoms with van der Waals surface area (Å²) in [5, 5.41) is 11.7. The van der Waals surface area contributed by atoms with Crippen LogP contribution in [0.4, 0.5) is 4.79 Å². The Balaban J connectivity index is 1.86. The molecule has 6 nitrogen and oxygen atoms in total. The monoisotopic (exact) mass is 270 g/mol. The van der Waals surface area contributed by atoms with Crippen LogP contribution in [0.3, 0.4) is 0 Å². The molecule has 108 valence electrons. The number of nitrogens with one attached hydrogen (secondary N) is 1.